The van der Waals surface area contributed by atoms with Crippen LogP contribution in [0.3, 0.4) is 0 Å². The van der Waals surface area contributed by atoms with Crippen molar-refractivity contribution in [3.05, 3.63) is 18.2 Å². The van der Waals surface area contributed by atoms with E-state index in [1.54, 1.807) is 0 Å². The highest BCUT2D eigenvalue weighted by molar-refractivity contribution is 5.79. The molecule has 0 saturated carbocycles. The predicted molar refractivity (Wildman–Crippen MR) is 47.6 cm³/mol. The SMILES string of the molecule is NC(Cn1cncc1CF)(C(=O)O)C(F)F. The molecule has 3 N–H and O–H groups in total. The zero-order valence-electron chi connectivity index (χ0n) is 8.11. The first kappa shape index (κ1) is 12.5. The minimum atomic E-state index is -3.26. The van der Waals surface area contributed by atoms with E-state index in [2.05, 4.69) is 4.98 Å². The number of nitrogens with two attached hydrogens (primary N) is 1. The molecule has 0 aliphatic carbocycles. The molecule has 1 unspecified atom stereocenters. The fourth-order valence-electron chi connectivity index (χ4n) is 1.11. The highest BCUT2D eigenvalue weighted by Crippen LogP contribution is 2.17. The summed E-state index contributed by atoms with van der Waals surface area (Å²) in [5, 5.41) is 8.63. The summed E-state index contributed by atoms with van der Waals surface area (Å²) in [6.45, 7) is -1.67. The van der Waals surface area contributed by atoms with Crippen LogP contribution in [0, 0.1) is 0 Å². The van der Waals surface area contributed by atoms with Crippen LogP contribution in [0.5, 0.6) is 0 Å². The van der Waals surface area contributed by atoms with Crippen molar-refractivity contribution in [1.82, 2.24) is 9.55 Å². The molecule has 0 radical (unpaired) electrons. The lowest BCUT2D eigenvalue weighted by atomic mass is 10.0. The van der Waals surface area contributed by atoms with E-state index in [4.69, 9.17) is 10.8 Å². The van der Waals surface area contributed by atoms with E-state index >= 15 is 0 Å². The van der Waals surface area contributed by atoms with E-state index in [1.165, 1.54) is 0 Å². The lowest BCUT2D eigenvalue weighted by molar-refractivity contribution is -0.150. The molecule has 16 heavy (non-hydrogen) atoms. The van der Waals surface area contributed by atoms with E-state index < -0.39 is 31.2 Å². The van der Waals surface area contributed by atoms with Crippen LogP contribution in [0.4, 0.5) is 13.2 Å². The zero-order chi connectivity index (χ0) is 12.3. The van der Waals surface area contributed by atoms with E-state index in [1.807, 2.05) is 0 Å². The van der Waals surface area contributed by atoms with Gasteiger partial charge in [0.05, 0.1) is 24.8 Å². The number of carboxylic acids is 1. The Morgan fingerprint density at radius 1 is 1.69 bits per heavy atom. The number of aromatic nitrogens is 2. The van der Waals surface area contributed by atoms with Gasteiger partial charge in [0, 0.05) is 0 Å². The van der Waals surface area contributed by atoms with Crippen LogP contribution in [0.2, 0.25) is 0 Å². The molecule has 0 aliphatic heterocycles. The van der Waals surface area contributed by atoms with Gasteiger partial charge in [0.1, 0.15) is 6.67 Å². The molecule has 1 aromatic heterocycles. The third kappa shape index (κ3) is 2.16. The number of aliphatic carboxylic acids is 1. The van der Waals surface area contributed by atoms with Gasteiger partial charge in [-0.15, -0.1) is 0 Å². The highest BCUT2D eigenvalue weighted by Gasteiger charge is 2.44. The van der Waals surface area contributed by atoms with Crippen molar-refractivity contribution in [2.24, 2.45) is 5.73 Å². The fraction of sp³-hybridized carbons (Fsp3) is 0.500. The smallest absolute Gasteiger partial charge is 0.331 e. The minimum absolute atomic E-state index is 0.00303. The Morgan fingerprint density at radius 3 is 2.75 bits per heavy atom. The normalized spacial score (nSPS) is 15.1. The second-order valence-corrected chi connectivity index (χ2v) is 3.29. The molecule has 0 aromatic carbocycles. The van der Waals surface area contributed by atoms with Crippen LogP contribution in [0.25, 0.3) is 0 Å². The molecule has 1 heterocycles. The van der Waals surface area contributed by atoms with Gasteiger partial charge in [0.2, 0.25) is 0 Å². The quantitative estimate of drug-likeness (QED) is 0.776. The van der Waals surface area contributed by atoms with Gasteiger partial charge >= 0.3 is 5.97 Å². The number of rotatable bonds is 5. The largest absolute Gasteiger partial charge is 0.480 e. The average Bonchev–Trinajstić information content (AvgIpc) is 2.64. The summed E-state index contributed by atoms with van der Waals surface area (Å²) in [5.74, 6) is -1.85. The molecule has 8 heteroatoms. The van der Waals surface area contributed by atoms with Crippen LogP contribution < -0.4 is 5.73 Å². The lowest BCUT2D eigenvalue weighted by Crippen LogP contribution is -2.57. The second-order valence-electron chi connectivity index (χ2n) is 3.29. The monoisotopic (exact) mass is 237 g/mol. The molecule has 0 amide bonds. The molecule has 1 atom stereocenters. The maximum absolute atomic E-state index is 12.5. The first-order valence-corrected chi connectivity index (χ1v) is 4.27. The summed E-state index contributed by atoms with van der Waals surface area (Å²) in [5.41, 5.74) is 2.33. The third-order valence-electron chi connectivity index (χ3n) is 2.15. The fourth-order valence-corrected chi connectivity index (χ4v) is 1.11. The number of imidazole rings is 1. The van der Waals surface area contributed by atoms with Crippen molar-refractivity contribution < 1.29 is 23.1 Å². The van der Waals surface area contributed by atoms with Gasteiger partial charge in [0.15, 0.2) is 5.54 Å². The van der Waals surface area contributed by atoms with Gasteiger partial charge in [-0.2, -0.15) is 0 Å². The summed E-state index contributed by atoms with van der Waals surface area (Å²) in [6, 6.07) is 0. The van der Waals surface area contributed by atoms with Crippen LogP contribution in [0.1, 0.15) is 5.69 Å². The Balaban J connectivity index is 2.97. The third-order valence-corrected chi connectivity index (χ3v) is 2.15. The summed E-state index contributed by atoms with van der Waals surface area (Å²) < 4.78 is 38.4. The standard InChI is InChI=1S/C8H10F3N3O2/c9-1-5-2-13-4-14(5)3-8(12,6(10)11)7(15)16/h2,4,6H,1,3,12H2,(H,15,16). The maximum atomic E-state index is 12.5. The Hall–Kier alpha value is -1.57. The number of carbonyl (C=O) groups is 1. The second kappa shape index (κ2) is 4.52. The summed E-state index contributed by atoms with van der Waals surface area (Å²) in [6.07, 6.45) is -1.09. The zero-order valence-corrected chi connectivity index (χ0v) is 8.11. The number of hydrogen-bond donors (Lipinski definition) is 2. The summed E-state index contributed by atoms with van der Waals surface area (Å²) >= 11 is 0. The van der Waals surface area contributed by atoms with Gasteiger partial charge in [-0.05, 0) is 0 Å². The first-order valence-electron chi connectivity index (χ1n) is 4.27. The lowest BCUT2D eigenvalue weighted by Gasteiger charge is -2.24. The van der Waals surface area contributed by atoms with Crippen LogP contribution in [-0.4, -0.2) is 32.6 Å². The van der Waals surface area contributed by atoms with Crippen molar-refractivity contribution in [3.63, 3.8) is 0 Å². The summed E-state index contributed by atoms with van der Waals surface area (Å²) in [7, 11) is 0. The van der Waals surface area contributed by atoms with Crippen LogP contribution in [-0.2, 0) is 18.0 Å². The number of carboxylic acid groups (broad SMARTS) is 1. The van der Waals surface area contributed by atoms with Gasteiger partial charge in [-0.25, -0.2) is 22.9 Å². The number of halogens is 3. The van der Waals surface area contributed by atoms with Gasteiger partial charge in [-0.3, -0.25) is 0 Å². The molecule has 0 aliphatic rings. The Kier molecular flexibility index (Phi) is 3.53. The molecule has 5 nitrogen and oxygen atoms in total. The molecular formula is C8H10F3N3O2. The van der Waals surface area contributed by atoms with E-state index in [-0.39, 0.29) is 5.69 Å². The van der Waals surface area contributed by atoms with E-state index in [0.29, 0.717) is 0 Å². The average molecular weight is 237 g/mol. The predicted octanol–water partition coefficient (Wildman–Crippen LogP) is 0.400. The molecular weight excluding hydrogens is 227 g/mol. The molecule has 0 bridgehead atoms. The van der Waals surface area contributed by atoms with Crippen molar-refractivity contribution in [2.75, 3.05) is 0 Å². The van der Waals surface area contributed by atoms with Gasteiger partial charge in [0.25, 0.3) is 6.43 Å². The number of hydrogen-bond acceptors (Lipinski definition) is 3. The summed E-state index contributed by atoms with van der Waals surface area (Å²) in [4.78, 5) is 14.2. The Morgan fingerprint density at radius 2 is 2.31 bits per heavy atom. The van der Waals surface area contributed by atoms with E-state index in [0.717, 1.165) is 17.1 Å². The van der Waals surface area contributed by atoms with E-state index in [9.17, 15) is 18.0 Å². The Bertz CT molecular complexity index is 382. The van der Waals surface area contributed by atoms with Crippen molar-refractivity contribution >= 4 is 5.97 Å². The van der Waals surface area contributed by atoms with Gasteiger partial charge in [-0.1, -0.05) is 0 Å². The van der Waals surface area contributed by atoms with Crippen molar-refractivity contribution in [3.8, 4) is 0 Å². The number of nitrogens with zero attached hydrogens (tertiary/aromatic N) is 2. The Labute approximate surface area is 88.7 Å². The molecule has 1 rings (SSSR count). The van der Waals surface area contributed by atoms with Crippen molar-refractivity contribution in [2.45, 2.75) is 25.2 Å². The molecule has 0 fully saturated rings. The van der Waals surface area contributed by atoms with Crippen molar-refractivity contribution in [1.29, 1.82) is 0 Å². The van der Waals surface area contributed by atoms with Gasteiger partial charge < -0.3 is 15.4 Å². The maximum Gasteiger partial charge on any atom is 0.331 e. The van der Waals surface area contributed by atoms with Crippen LogP contribution >= 0.6 is 0 Å². The molecule has 0 spiro atoms. The molecule has 0 saturated heterocycles. The minimum Gasteiger partial charge on any atom is -0.480 e. The van der Waals surface area contributed by atoms with Crippen LogP contribution in [0.15, 0.2) is 12.5 Å². The number of alkyl halides is 3. The molecule has 1 aromatic rings. The topological polar surface area (TPSA) is 81.1 Å². The first-order chi connectivity index (χ1) is 7.41. The highest BCUT2D eigenvalue weighted by atomic mass is 19.3. The molecule has 90 valence electrons.